The van der Waals surface area contributed by atoms with Crippen molar-refractivity contribution in [2.45, 2.75) is 59.3 Å². The maximum atomic E-state index is 12.5. The Kier molecular flexibility index (Phi) is 5.72. The Morgan fingerprint density at radius 3 is 2.33 bits per heavy atom. The van der Waals surface area contributed by atoms with Gasteiger partial charge in [0.2, 0.25) is 5.88 Å². The highest BCUT2D eigenvalue weighted by Crippen LogP contribution is 2.16. The van der Waals surface area contributed by atoms with Crippen LogP contribution in [-0.2, 0) is 0 Å². The molecule has 1 aromatic rings. The van der Waals surface area contributed by atoms with E-state index in [4.69, 9.17) is 4.74 Å². The Labute approximate surface area is 126 Å². The molecule has 0 fully saturated rings. The van der Waals surface area contributed by atoms with Gasteiger partial charge >= 0.3 is 0 Å². The molecule has 0 aliphatic heterocycles. The first-order valence-electron chi connectivity index (χ1n) is 7.24. The van der Waals surface area contributed by atoms with Crippen LogP contribution < -0.4 is 4.74 Å². The molecule has 1 atom stereocenters. The summed E-state index contributed by atoms with van der Waals surface area (Å²) in [6, 6.07) is 3.41. The topological polar surface area (TPSA) is 62.7 Å². The number of hydrogen-bond acceptors (Lipinski definition) is 4. The highest BCUT2D eigenvalue weighted by molar-refractivity contribution is 5.94. The summed E-state index contributed by atoms with van der Waals surface area (Å²) in [7, 11) is 0. The molecule has 1 N–H and O–H groups in total. The van der Waals surface area contributed by atoms with Crippen LogP contribution in [0.25, 0.3) is 0 Å². The Balaban J connectivity index is 2.86. The Morgan fingerprint density at radius 2 is 1.95 bits per heavy atom. The second kappa shape index (κ2) is 6.89. The number of carbonyl (C=O) groups excluding carboxylic acids is 1. The first kappa shape index (κ1) is 17.4. The predicted octanol–water partition coefficient (Wildman–Crippen LogP) is 2.49. The van der Waals surface area contributed by atoms with Crippen LogP contribution in [-0.4, -0.2) is 45.2 Å². The summed E-state index contributed by atoms with van der Waals surface area (Å²) < 4.78 is 5.63. The average Bonchev–Trinajstić information content (AvgIpc) is 2.33. The SMILES string of the molecule is CC(O)CN(C(=O)c1ccc(OC(C)(C)C)nc1)C(C)C. The lowest BCUT2D eigenvalue weighted by Crippen LogP contribution is -2.41. The fourth-order valence-corrected chi connectivity index (χ4v) is 1.86. The van der Waals surface area contributed by atoms with E-state index in [0.29, 0.717) is 18.0 Å². The number of ether oxygens (including phenoxy) is 1. The number of pyridine rings is 1. The molecule has 118 valence electrons. The molecule has 1 amide bonds. The fourth-order valence-electron chi connectivity index (χ4n) is 1.86. The van der Waals surface area contributed by atoms with Crippen molar-refractivity contribution < 1.29 is 14.6 Å². The third-order valence-electron chi connectivity index (χ3n) is 2.74. The molecule has 1 rings (SSSR count). The van der Waals surface area contributed by atoms with Gasteiger partial charge in [0.05, 0.1) is 11.7 Å². The Morgan fingerprint density at radius 1 is 1.33 bits per heavy atom. The van der Waals surface area contributed by atoms with E-state index in [-0.39, 0.29) is 17.6 Å². The van der Waals surface area contributed by atoms with Gasteiger partial charge in [-0.1, -0.05) is 0 Å². The molecular weight excluding hydrogens is 268 g/mol. The molecule has 1 unspecified atom stereocenters. The monoisotopic (exact) mass is 294 g/mol. The van der Waals surface area contributed by atoms with Gasteiger partial charge in [-0.2, -0.15) is 0 Å². The van der Waals surface area contributed by atoms with Gasteiger partial charge in [0.15, 0.2) is 0 Å². The lowest BCUT2D eigenvalue weighted by molar-refractivity contribution is 0.0578. The summed E-state index contributed by atoms with van der Waals surface area (Å²) in [4.78, 5) is 18.3. The van der Waals surface area contributed by atoms with Crippen LogP contribution in [0, 0.1) is 0 Å². The van der Waals surface area contributed by atoms with Crippen LogP contribution in [0.3, 0.4) is 0 Å². The van der Waals surface area contributed by atoms with E-state index in [2.05, 4.69) is 4.98 Å². The minimum Gasteiger partial charge on any atom is -0.472 e. The molecule has 0 aliphatic rings. The number of amides is 1. The molecule has 0 radical (unpaired) electrons. The normalized spacial score (nSPS) is 13.1. The van der Waals surface area contributed by atoms with E-state index in [1.807, 2.05) is 34.6 Å². The van der Waals surface area contributed by atoms with Crippen molar-refractivity contribution in [3.05, 3.63) is 23.9 Å². The lowest BCUT2D eigenvalue weighted by Gasteiger charge is -2.28. The molecule has 0 saturated heterocycles. The molecule has 0 saturated carbocycles. The zero-order valence-electron chi connectivity index (χ0n) is 13.8. The lowest BCUT2D eigenvalue weighted by atomic mass is 10.2. The second-order valence-corrected chi connectivity index (χ2v) is 6.50. The second-order valence-electron chi connectivity index (χ2n) is 6.50. The van der Waals surface area contributed by atoms with Crippen LogP contribution >= 0.6 is 0 Å². The average molecular weight is 294 g/mol. The number of nitrogens with zero attached hydrogens (tertiary/aromatic N) is 2. The smallest absolute Gasteiger partial charge is 0.255 e. The highest BCUT2D eigenvalue weighted by atomic mass is 16.5. The molecule has 1 aromatic heterocycles. The van der Waals surface area contributed by atoms with Crippen molar-refractivity contribution in [2.24, 2.45) is 0 Å². The third kappa shape index (κ3) is 5.71. The van der Waals surface area contributed by atoms with E-state index in [0.717, 1.165) is 0 Å². The van der Waals surface area contributed by atoms with E-state index in [1.165, 1.54) is 6.20 Å². The van der Waals surface area contributed by atoms with Gasteiger partial charge in [-0.3, -0.25) is 4.79 Å². The maximum Gasteiger partial charge on any atom is 0.255 e. The van der Waals surface area contributed by atoms with E-state index in [9.17, 15) is 9.90 Å². The van der Waals surface area contributed by atoms with E-state index in [1.54, 1.807) is 24.0 Å². The number of aromatic nitrogens is 1. The van der Waals surface area contributed by atoms with Gasteiger partial charge in [0.25, 0.3) is 5.91 Å². The summed E-state index contributed by atoms with van der Waals surface area (Å²) in [5.41, 5.74) is 0.167. The van der Waals surface area contributed by atoms with Gasteiger partial charge in [0.1, 0.15) is 5.60 Å². The molecule has 21 heavy (non-hydrogen) atoms. The van der Waals surface area contributed by atoms with Crippen LogP contribution in [0.15, 0.2) is 18.3 Å². The number of aliphatic hydroxyl groups is 1. The fraction of sp³-hybridized carbons (Fsp3) is 0.625. The summed E-state index contributed by atoms with van der Waals surface area (Å²) >= 11 is 0. The molecule has 0 bridgehead atoms. The van der Waals surface area contributed by atoms with Gasteiger partial charge in [0, 0.05) is 24.8 Å². The summed E-state index contributed by atoms with van der Waals surface area (Å²) in [5.74, 6) is 0.353. The largest absolute Gasteiger partial charge is 0.472 e. The van der Waals surface area contributed by atoms with Crippen LogP contribution in [0.4, 0.5) is 0 Å². The Hall–Kier alpha value is -1.62. The van der Waals surface area contributed by atoms with Gasteiger partial charge in [-0.15, -0.1) is 0 Å². The first-order valence-corrected chi connectivity index (χ1v) is 7.24. The van der Waals surface area contributed by atoms with Crippen LogP contribution in [0.1, 0.15) is 51.9 Å². The minimum absolute atomic E-state index is 0.0117. The number of rotatable bonds is 5. The van der Waals surface area contributed by atoms with Crippen molar-refractivity contribution in [2.75, 3.05) is 6.54 Å². The van der Waals surface area contributed by atoms with E-state index >= 15 is 0 Å². The molecule has 5 nitrogen and oxygen atoms in total. The van der Waals surface area contributed by atoms with Crippen LogP contribution in [0.5, 0.6) is 5.88 Å². The molecule has 5 heteroatoms. The zero-order valence-corrected chi connectivity index (χ0v) is 13.8. The van der Waals surface area contributed by atoms with Crippen molar-refractivity contribution in [3.63, 3.8) is 0 Å². The highest BCUT2D eigenvalue weighted by Gasteiger charge is 2.21. The van der Waals surface area contributed by atoms with Crippen LogP contribution in [0.2, 0.25) is 0 Å². The summed E-state index contributed by atoms with van der Waals surface area (Å²) in [5, 5.41) is 9.51. The van der Waals surface area contributed by atoms with Crippen molar-refractivity contribution >= 4 is 5.91 Å². The van der Waals surface area contributed by atoms with Crippen molar-refractivity contribution in [3.8, 4) is 5.88 Å². The van der Waals surface area contributed by atoms with E-state index < -0.39 is 6.10 Å². The minimum atomic E-state index is -0.562. The quantitative estimate of drug-likeness (QED) is 0.906. The molecule has 1 heterocycles. The first-order chi connectivity index (χ1) is 9.60. The molecule has 0 aliphatic carbocycles. The van der Waals surface area contributed by atoms with Gasteiger partial charge in [-0.05, 0) is 47.6 Å². The van der Waals surface area contributed by atoms with Crippen molar-refractivity contribution in [1.29, 1.82) is 0 Å². The summed E-state index contributed by atoms with van der Waals surface area (Å²) in [6.07, 6.45) is 0.952. The Bertz CT molecular complexity index is 461. The molecule has 0 spiro atoms. The number of carbonyl (C=O) groups is 1. The molecule has 0 aromatic carbocycles. The number of aliphatic hydroxyl groups excluding tert-OH is 1. The standard InChI is InChI=1S/C16H26N2O3/c1-11(2)18(10-12(3)19)15(20)13-7-8-14(17-9-13)21-16(4,5)6/h7-9,11-12,19H,10H2,1-6H3. The molecular formula is C16H26N2O3. The number of hydrogen-bond donors (Lipinski definition) is 1. The third-order valence-corrected chi connectivity index (χ3v) is 2.74. The zero-order chi connectivity index (χ0) is 16.2. The predicted molar refractivity (Wildman–Crippen MR) is 82.5 cm³/mol. The summed E-state index contributed by atoms with van der Waals surface area (Å²) in [6.45, 7) is 11.6. The van der Waals surface area contributed by atoms with Gasteiger partial charge < -0.3 is 14.7 Å². The van der Waals surface area contributed by atoms with Gasteiger partial charge in [-0.25, -0.2) is 4.98 Å². The van der Waals surface area contributed by atoms with Crippen molar-refractivity contribution in [1.82, 2.24) is 9.88 Å². The maximum absolute atomic E-state index is 12.5.